The lowest BCUT2D eigenvalue weighted by Crippen LogP contribution is -2.67. The van der Waals surface area contributed by atoms with Gasteiger partial charge in [-0.2, -0.15) is 0 Å². The fourth-order valence-corrected chi connectivity index (χ4v) is 8.05. The summed E-state index contributed by atoms with van der Waals surface area (Å²) in [6.07, 6.45) is -1.67. The van der Waals surface area contributed by atoms with E-state index in [0.29, 0.717) is 0 Å². The Bertz CT molecular complexity index is 685. The number of esters is 1. The first-order valence-corrected chi connectivity index (χ1v) is 10.4. The van der Waals surface area contributed by atoms with Gasteiger partial charge in [0, 0.05) is 6.42 Å². The molecule has 0 amide bonds. The van der Waals surface area contributed by atoms with Gasteiger partial charge in [-0.3, -0.25) is 0 Å². The number of rotatable bonds is 4. The third-order valence-electron chi connectivity index (χ3n) is 4.66. The van der Waals surface area contributed by atoms with Gasteiger partial charge in [0.1, 0.15) is 0 Å². The van der Waals surface area contributed by atoms with Gasteiger partial charge in [-0.05, 0) is 15.4 Å². The van der Waals surface area contributed by atoms with E-state index >= 15 is 0 Å². The number of ether oxygens (including phenoxy) is 1. The van der Waals surface area contributed by atoms with Crippen molar-refractivity contribution in [2.24, 2.45) is 0 Å². The molecule has 0 aromatic heterocycles. The van der Waals surface area contributed by atoms with Gasteiger partial charge in [0.25, 0.3) is 8.32 Å². The van der Waals surface area contributed by atoms with Crippen LogP contribution >= 0.6 is 0 Å². The molecule has 1 heterocycles. The molecule has 1 N–H and O–H groups in total. The number of carbonyl (C=O) groups is 1. The number of carbonyl (C=O) groups excluding carboxylic acids is 1. The Balaban J connectivity index is 2.14. The molecule has 1 saturated heterocycles. The van der Waals surface area contributed by atoms with E-state index in [1.165, 1.54) is 0 Å². The van der Waals surface area contributed by atoms with E-state index < -0.39 is 26.7 Å². The first kappa shape index (κ1) is 17.9. The third-order valence-corrected chi connectivity index (χ3v) is 9.68. The van der Waals surface area contributed by atoms with Crippen LogP contribution in [0.4, 0.5) is 0 Å². The van der Waals surface area contributed by atoms with Crippen LogP contribution in [-0.2, 0) is 14.0 Å². The summed E-state index contributed by atoms with van der Waals surface area (Å²) in [6, 6.07) is 20.3. The second-order valence-electron chi connectivity index (χ2n) is 7.40. The molecule has 132 valence electrons. The van der Waals surface area contributed by atoms with Crippen LogP contribution in [0.1, 0.15) is 27.2 Å². The average Bonchev–Trinajstić information content (AvgIpc) is 2.91. The first-order valence-electron chi connectivity index (χ1n) is 8.52. The Labute approximate surface area is 149 Å². The standard InChI is InChI=1S/C20H24O4Si/c1-20(2,3)25(15-10-6-4-7-11-15,16-12-8-5-9-13-16)24-18-14-17(21)19(22)23-18/h4-13,17-18,21H,14H2,1-3H3/t17-,18+/m0/s1. The van der Waals surface area contributed by atoms with Crippen LogP contribution in [-0.4, -0.2) is 31.8 Å². The maximum atomic E-state index is 11.7. The van der Waals surface area contributed by atoms with Gasteiger partial charge in [0.2, 0.25) is 0 Å². The Morgan fingerprint density at radius 3 is 1.84 bits per heavy atom. The van der Waals surface area contributed by atoms with Crippen LogP contribution in [0.5, 0.6) is 0 Å². The second-order valence-corrected chi connectivity index (χ2v) is 11.7. The van der Waals surface area contributed by atoms with Crippen LogP contribution in [0.15, 0.2) is 60.7 Å². The van der Waals surface area contributed by atoms with Gasteiger partial charge in [-0.15, -0.1) is 0 Å². The summed E-state index contributed by atoms with van der Waals surface area (Å²) in [4.78, 5) is 11.7. The van der Waals surface area contributed by atoms with E-state index in [4.69, 9.17) is 9.16 Å². The number of aliphatic hydroxyl groups excluding tert-OH is 1. The van der Waals surface area contributed by atoms with Crippen molar-refractivity contribution in [3.8, 4) is 0 Å². The van der Waals surface area contributed by atoms with Crippen molar-refractivity contribution in [2.75, 3.05) is 0 Å². The summed E-state index contributed by atoms with van der Waals surface area (Å²) in [7, 11) is -2.76. The van der Waals surface area contributed by atoms with E-state index in [1.54, 1.807) is 0 Å². The van der Waals surface area contributed by atoms with Crippen LogP contribution in [0.2, 0.25) is 5.04 Å². The van der Waals surface area contributed by atoms with Gasteiger partial charge < -0.3 is 14.3 Å². The zero-order valence-corrected chi connectivity index (χ0v) is 15.8. The smallest absolute Gasteiger partial charge is 0.337 e. The van der Waals surface area contributed by atoms with Crippen molar-refractivity contribution in [1.29, 1.82) is 0 Å². The Kier molecular flexibility index (Phi) is 4.82. The minimum atomic E-state index is -2.76. The quantitative estimate of drug-likeness (QED) is 0.674. The molecule has 4 nitrogen and oxygen atoms in total. The van der Waals surface area contributed by atoms with Crippen molar-refractivity contribution in [1.82, 2.24) is 0 Å². The number of cyclic esters (lactones) is 1. The van der Waals surface area contributed by atoms with Gasteiger partial charge in [-0.25, -0.2) is 4.79 Å². The van der Waals surface area contributed by atoms with Gasteiger partial charge in [-0.1, -0.05) is 81.4 Å². The molecule has 1 aliphatic heterocycles. The highest BCUT2D eigenvalue weighted by atomic mass is 28.4. The van der Waals surface area contributed by atoms with Crippen molar-refractivity contribution in [3.63, 3.8) is 0 Å². The third kappa shape index (κ3) is 3.27. The fourth-order valence-electron chi connectivity index (χ4n) is 3.50. The second kappa shape index (κ2) is 6.75. The molecule has 2 aromatic carbocycles. The van der Waals surface area contributed by atoms with E-state index in [9.17, 15) is 9.90 Å². The highest BCUT2D eigenvalue weighted by Gasteiger charge is 2.53. The summed E-state index contributed by atoms with van der Waals surface area (Å²) in [5.41, 5.74) is 0. The molecular weight excluding hydrogens is 332 g/mol. The number of hydrogen-bond acceptors (Lipinski definition) is 4. The molecule has 0 aliphatic carbocycles. The van der Waals surface area contributed by atoms with Crippen LogP contribution < -0.4 is 10.4 Å². The summed E-state index contributed by atoms with van der Waals surface area (Å²) in [5.74, 6) is -0.608. The maximum absolute atomic E-state index is 11.7. The summed E-state index contributed by atoms with van der Waals surface area (Å²) < 4.78 is 11.9. The predicted octanol–water partition coefficient (Wildman–Crippen LogP) is 2.20. The van der Waals surface area contributed by atoms with E-state index in [0.717, 1.165) is 10.4 Å². The molecule has 2 aromatic rings. The minimum absolute atomic E-state index is 0.170. The summed E-state index contributed by atoms with van der Waals surface area (Å²) >= 11 is 0. The molecule has 0 unspecified atom stereocenters. The molecule has 25 heavy (non-hydrogen) atoms. The molecule has 5 heteroatoms. The van der Waals surface area contributed by atoms with Gasteiger partial charge in [0.05, 0.1) is 0 Å². The number of aliphatic hydroxyl groups is 1. The van der Waals surface area contributed by atoms with E-state index in [1.807, 2.05) is 36.4 Å². The van der Waals surface area contributed by atoms with Crippen LogP contribution in [0.3, 0.4) is 0 Å². The number of hydrogen-bond donors (Lipinski definition) is 1. The monoisotopic (exact) mass is 356 g/mol. The zero-order valence-electron chi connectivity index (χ0n) is 14.8. The Hall–Kier alpha value is -1.95. The normalized spacial score (nSPS) is 21.2. The molecule has 0 saturated carbocycles. The van der Waals surface area contributed by atoms with Crippen molar-refractivity contribution in [2.45, 2.75) is 44.6 Å². The molecule has 1 aliphatic rings. The van der Waals surface area contributed by atoms with Gasteiger partial charge >= 0.3 is 5.97 Å². The van der Waals surface area contributed by atoms with Crippen LogP contribution in [0, 0.1) is 0 Å². The summed E-state index contributed by atoms with van der Waals surface area (Å²) in [5, 5.41) is 11.8. The first-order chi connectivity index (χ1) is 11.8. The highest BCUT2D eigenvalue weighted by Crippen LogP contribution is 2.38. The summed E-state index contributed by atoms with van der Waals surface area (Å²) in [6.45, 7) is 6.48. The highest BCUT2D eigenvalue weighted by molar-refractivity contribution is 6.99. The van der Waals surface area contributed by atoms with Gasteiger partial charge in [0.15, 0.2) is 12.4 Å². The van der Waals surface area contributed by atoms with E-state index in [2.05, 4.69) is 45.0 Å². The van der Waals surface area contributed by atoms with Crippen molar-refractivity contribution >= 4 is 24.7 Å². The molecule has 3 rings (SSSR count). The molecule has 2 atom stereocenters. The maximum Gasteiger partial charge on any atom is 0.337 e. The fraction of sp³-hybridized carbons (Fsp3) is 0.350. The predicted molar refractivity (Wildman–Crippen MR) is 99.2 cm³/mol. The molecule has 0 spiro atoms. The minimum Gasteiger partial charge on any atom is -0.435 e. The Morgan fingerprint density at radius 1 is 1.00 bits per heavy atom. The lowest BCUT2D eigenvalue weighted by Gasteiger charge is -2.44. The molecule has 0 bridgehead atoms. The lowest BCUT2D eigenvalue weighted by atomic mass is 10.2. The largest absolute Gasteiger partial charge is 0.435 e. The average molecular weight is 356 g/mol. The zero-order chi connectivity index (χ0) is 18.1. The lowest BCUT2D eigenvalue weighted by molar-refractivity contribution is -0.155. The number of benzene rings is 2. The molecule has 1 fully saturated rings. The van der Waals surface area contributed by atoms with Crippen LogP contribution in [0.25, 0.3) is 0 Å². The Morgan fingerprint density at radius 2 is 1.48 bits per heavy atom. The van der Waals surface area contributed by atoms with Crippen molar-refractivity contribution in [3.05, 3.63) is 60.7 Å². The SMILES string of the molecule is CC(C)(C)[Si](O[C@@H]1C[C@H](O)C(=O)O1)(c1ccccc1)c1ccccc1. The van der Waals surface area contributed by atoms with Crippen molar-refractivity contribution < 1.29 is 19.1 Å². The van der Waals surface area contributed by atoms with E-state index in [-0.39, 0.29) is 11.5 Å². The molecular formula is C20H24O4Si. The topological polar surface area (TPSA) is 55.8 Å². The molecule has 0 radical (unpaired) electrons.